The third-order valence-electron chi connectivity index (χ3n) is 8.59. The molecule has 0 radical (unpaired) electrons. The largest absolute Gasteiger partial charge is 0.298 e. The van der Waals surface area contributed by atoms with Gasteiger partial charge < -0.3 is 0 Å². The molecule has 2 aliphatic heterocycles. The van der Waals surface area contributed by atoms with E-state index in [4.69, 9.17) is 0 Å². The van der Waals surface area contributed by atoms with E-state index in [1.807, 2.05) is 27.7 Å². The Labute approximate surface area is 214 Å². The number of carbonyl (C=O) groups is 2. The fourth-order valence-electron chi connectivity index (χ4n) is 6.45. The third-order valence-corrected chi connectivity index (χ3v) is 8.59. The molecule has 2 fully saturated rings. The highest BCUT2D eigenvalue weighted by Crippen LogP contribution is 2.41. The number of Topliss-reactive ketones (excluding diaryl/α,β-unsaturated/α-hetero) is 2. The first-order valence-corrected chi connectivity index (χ1v) is 14.2. The van der Waals surface area contributed by atoms with Gasteiger partial charge in [-0.3, -0.25) is 19.4 Å². The summed E-state index contributed by atoms with van der Waals surface area (Å²) in [5.41, 5.74) is 2.72. The lowest BCUT2D eigenvalue weighted by Crippen LogP contribution is -2.53. The minimum Gasteiger partial charge on any atom is -0.298 e. The van der Waals surface area contributed by atoms with Crippen LogP contribution in [-0.4, -0.2) is 52.1 Å². The molecule has 1 saturated heterocycles. The SMILES string of the molecule is CC(C)C(=O)C1CC2CCCC2CN1C(C)C.CC(C)C(=O)C1Cc2ccccc2CN1C(C)C. The van der Waals surface area contributed by atoms with Crippen molar-refractivity contribution in [1.82, 2.24) is 9.80 Å². The van der Waals surface area contributed by atoms with Gasteiger partial charge in [-0.05, 0) is 69.9 Å². The Morgan fingerprint density at radius 3 is 1.86 bits per heavy atom. The lowest BCUT2D eigenvalue weighted by atomic mass is 9.80. The summed E-state index contributed by atoms with van der Waals surface area (Å²) in [5, 5.41) is 0. The summed E-state index contributed by atoms with van der Waals surface area (Å²) >= 11 is 0. The van der Waals surface area contributed by atoms with Crippen LogP contribution in [0.4, 0.5) is 0 Å². The molecule has 35 heavy (non-hydrogen) atoms. The van der Waals surface area contributed by atoms with Gasteiger partial charge in [-0.15, -0.1) is 0 Å². The fraction of sp³-hybridized carbons (Fsp3) is 0.742. The van der Waals surface area contributed by atoms with Gasteiger partial charge in [0.15, 0.2) is 11.6 Å². The van der Waals surface area contributed by atoms with E-state index in [0.29, 0.717) is 23.7 Å². The van der Waals surface area contributed by atoms with Gasteiger partial charge >= 0.3 is 0 Å². The number of benzene rings is 1. The van der Waals surface area contributed by atoms with Crippen LogP contribution in [0.5, 0.6) is 0 Å². The van der Waals surface area contributed by atoms with Crippen LogP contribution in [-0.2, 0) is 22.6 Å². The number of nitrogens with zero attached hydrogens (tertiary/aromatic N) is 2. The predicted octanol–water partition coefficient (Wildman–Crippen LogP) is 6.16. The number of hydrogen-bond donors (Lipinski definition) is 0. The Hall–Kier alpha value is -1.52. The zero-order chi connectivity index (χ0) is 25.9. The van der Waals surface area contributed by atoms with Gasteiger partial charge in [0.2, 0.25) is 0 Å². The maximum absolute atomic E-state index is 12.4. The summed E-state index contributed by atoms with van der Waals surface area (Å²) in [7, 11) is 0. The van der Waals surface area contributed by atoms with Crippen molar-refractivity contribution >= 4 is 11.6 Å². The molecule has 4 unspecified atom stereocenters. The topological polar surface area (TPSA) is 40.6 Å². The van der Waals surface area contributed by atoms with E-state index in [-0.39, 0.29) is 23.9 Å². The summed E-state index contributed by atoms with van der Waals surface area (Å²) < 4.78 is 0. The zero-order valence-corrected chi connectivity index (χ0v) is 23.6. The second-order valence-corrected chi connectivity index (χ2v) is 12.4. The molecule has 196 valence electrons. The average molecular weight is 483 g/mol. The van der Waals surface area contributed by atoms with Gasteiger partial charge in [0.05, 0.1) is 12.1 Å². The molecule has 2 heterocycles. The molecule has 0 amide bonds. The molecule has 0 spiro atoms. The molecule has 1 aromatic rings. The number of fused-ring (bicyclic) bond motifs is 2. The van der Waals surface area contributed by atoms with Crippen molar-refractivity contribution < 1.29 is 9.59 Å². The van der Waals surface area contributed by atoms with E-state index in [9.17, 15) is 9.59 Å². The molecule has 0 N–H and O–H groups in total. The number of piperidine rings is 1. The minimum absolute atomic E-state index is 0.0555. The lowest BCUT2D eigenvalue weighted by molar-refractivity contribution is -0.131. The standard InChI is InChI=1S/C16H23NO.C15H27NO/c1-11(2)16(18)15-9-13-7-5-6-8-14(13)10-17(15)12(3)4;1-10(2)15(17)14-8-12-6-5-7-13(12)9-16(14)11(3)4/h5-8,11-12,15H,9-10H2,1-4H3;10-14H,5-9H2,1-4H3. The van der Waals surface area contributed by atoms with Crippen LogP contribution in [0.3, 0.4) is 0 Å². The predicted molar refractivity (Wildman–Crippen MR) is 145 cm³/mol. The first kappa shape index (κ1) is 28.1. The van der Waals surface area contributed by atoms with Crippen LogP contribution in [0.1, 0.15) is 92.2 Å². The van der Waals surface area contributed by atoms with Crippen LogP contribution >= 0.6 is 0 Å². The van der Waals surface area contributed by atoms with Crippen LogP contribution in [0.2, 0.25) is 0 Å². The zero-order valence-electron chi connectivity index (χ0n) is 23.6. The van der Waals surface area contributed by atoms with Crippen LogP contribution in [0.15, 0.2) is 24.3 Å². The third kappa shape index (κ3) is 6.63. The smallest absolute Gasteiger partial charge is 0.152 e. The first-order chi connectivity index (χ1) is 16.5. The second kappa shape index (κ2) is 12.1. The number of hydrogen-bond acceptors (Lipinski definition) is 4. The summed E-state index contributed by atoms with van der Waals surface area (Å²) in [6, 6.07) is 9.67. The number of likely N-dealkylation sites (tertiary alicyclic amines) is 1. The molecular formula is C31H50N2O2. The maximum atomic E-state index is 12.4. The summed E-state index contributed by atoms with van der Waals surface area (Å²) in [5.74, 6) is 2.83. The highest BCUT2D eigenvalue weighted by Gasteiger charge is 2.42. The highest BCUT2D eigenvalue weighted by molar-refractivity contribution is 5.86. The number of rotatable bonds is 6. The summed E-state index contributed by atoms with van der Waals surface area (Å²) in [6.45, 7) is 19.0. The van der Waals surface area contributed by atoms with Gasteiger partial charge in [0, 0.05) is 37.0 Å². The Kier molecular flexibility index (Phi) is 9.74. The maximum Gasteiger partial charge on any atom is 0.152 e. The molecular weight excluding hydrogens is 432 g/mol. The summed E-state index contributed by atoms with van der Waals surface area (Å²) in [4.78, 5) is 29.5. The van der Waals surface area contributed by atoms with E-state index in [1.165, 1.54) is 30.4 Å². The highest BCUT2D eigenvalue weighted by atomic mass is 16.1. The van der Waals surface area contributed by atoms with Crippen molar-refractivity contribution in [3.8, 4) is 0 Å². The quantitative estimate of drug-likeness (QED) is 0.487. The average Bonchev–Trinajstić information content (AvgIpc) is 3.29. The Morgan fingerprint density at radius 2 is 1.29 bits per heavy atom. The van der Waals surface area contributed by atoms with Gasteiger partial charge in [-0.2, -0.15) is 0 Å². The summed E-state index contributed by atoms with van der Waals surface area (Å²) in [6.07, 6.45) is 6.12. The molecule has 0 aromatic heterocycles. The first-order valence-electron chi connectivity index (χ1n) is 14.2. The van der Waals surface area contributed by atoms with E-state index >= 15 is 0 Å². The van der Waals surface area contributed by atoms with E-state index in [0.717, 1.165) is 37.8 Å². The normalized spacial score (nSPS) is 27.1. The fourth-order valence-corrected chi connectivity index (χ4v) is 6.45. The minimum atomic E-state index is 0.0555. The van der Waals surface area contributed by atoms with Gasteiger partial charge in [0.25, 0.3) is 0 Å². The van der Waals surface area contributed by atoms with Gasteiger partial charge in [0.1, 0.15) is 0 Å². The van der Waals surface area contributed by atoms with Crippen molar-refractivity contribution in [3.05, 3.63) is 35.4 Å². The van der Waals surface area contributed by atoms with Gasteiger partial charge in [-0.1, -0.05) is 64.8 Å². The van der Waals surface area contributed by atoms with Crippen LogP contribution < -0.4 is 0 Å². The molecule has 4 heteroatoms. The lowest BCUT2D eigenvalue weighted by Gasteiger charge is -2.44. The van der Waals surface area contributed by atoms with Crippen molar-refractivity contribution in [2.75, 3.05) is 6.54 Å². The number of carbonyl (C=O) groups excluding carboxylic acids is 2. The Morgan fingerprint density at radius 1 is 0.743 bits per heavy atom. The Bertz CT molecular complexity index is 859. The molecule has 4 nitrogen and oxygen atoms in total. The van der Waals surface area contributed by atoms with Gasteiger partial charge in [-0.25, -0.2) is 0 Å². The van der Waals surface area contributed by atoms with Crippen LogP contribution in [0.25, 0.3) is 0 Å². The molecule has 3 aliphatic rings. The van der Waals surface area contributed by atoms with Crippen LogP contribution in [0, 0.1) is 23.7 Å². The van der Waals surface area contributed by atoms with Crippen molar-refractivity contribution in [3.63, 3.8) is 0 Å². The van der Waals surface area contributed by atoms with Crippen molar-refractivity contribution in [2.24, 2.45) is 23.7 Å². The number of ketones is 2. The monoisotopic (exact) mass is 482 g/mol. The van der Waals surface area contributed by atoms with E-state index in [2.05, 4.69) is 61.8 Å². The molecule has 0 bridgehead atoms. The van der Waals surface area contributed by atoms with Crippen molar-refractivity contribution in [2.45, 2.75) is 118 Å². The Balaban J connectivity index is 0.000000196. The molecule has 1 saturated carbocycles. The van der Waals surface area contributed by atoms with E-state index < -0.39 is 0 Å². The van der Waals surface area contributed by atoms with Crippen molar-refractivity contribution in [1.29, 1.82) is 0 Å². The molecule has 1 aliphatic carbocycles. The molecule has 1 aromatic carbocycles. The second-order valence-electron chi connectivity index (χ2n) is 12.4. The molecule has 4 atom stereocenters. The van der Waals surface area contributed by atoms with E-state index in [1.54, 1.807) is 0 Å². The molecule has 4 rings (SSSR count).